The molecule has 5 heteroatoms. The number of carbonyl (C=O) groups is 2. The predicted octanol–water partition coefficient (Wildman–Crippen LogP) is 3.11. The molecule has 1 aromatic heterocycles. The molecule has 0 saturated heterocycles. The summed E-state index contributed by atoms with van der Waals surface area (Å²) in [6.45, 7) is 0.0581. The second-order valence-corrected chi connectivity index (χ2v) is 5.58. The van der Waals surface area contributed by atoms with Crippen LogP contribution in [0.4, 0.5) is 0 Å². The number of furan rings is 1. The molecule has 5 nitrogen and oxygen atoms in total. The first-order valence-corrected chi connectivity index (χ1v) is 7.66. The molecule has 3 rings (SSSR count). The van der Waals surface area contributed by atoms with Crippen molar-refractivity contribution in [1.29, 1.82) is 0 Å². The lowest BCUT2D eigenvalue weighted by atomic mass is 9.99. The van der Waals surface area contributed by atoms with E-state index in [1.165, 1.54) is 6.26 Å². The Labute approximate surface area is 138 Å². The third-order valence-electron chi connectivity index (χ3n) is 3.91. The molecule has 2 aromatic carbocycles. The first-order valence-electron chi connectivity index (χ1n) is 7.66. The van der Waals surface area contributed by atoms with Crippen molar-refractivity contribution < 1.29 is 19.1 Å². The van der Waals surface area contributed by atoms with Gasteiger partial charge in [0.05, 0.1) is 11.5 Å². The predicted molar refractivity (Wildman–Crippen MR) is 89.8 cm³/mol. The smallest absolute Gasteiger partial charge is 0.308 e. The Morgan fingerprint density at radius 3 is 2.50 bits per heavy atom. The van der Waals surface area contributed by atoms with Crippen LogP contribution in [0.1, 0.15) is 15.9 Å². The van der Waals surface area contributed by atoms with Crippen molar-refractivity contribution in [2.24, 2.45) is 5.92 Å². The number of hydrogen-bond donors (Lipinski definition) is 2. The zero-order valence-corrected chi connectivity index (χ0v) is 12.9. The van der Waals surface area contributed by atoms with Crippen LogP contribution in [0.3, 0.4) is 0 Å². The minimum Gasteiger partial charge on any atom is -0.481 e. The summed E-state index contributed by atoms with van der Waals surface area (Å²) in [7, 11) is 0. The van der Waals surface area contributed by atoms with Gasteiger partial charge in [0, 0.05) is 11.9 Å². The second-order valence-electron chi connectivity index (χ2n) is 5.58. The van der Waals surface area contributed by atoms with E-state index in [1.807, 2.05) is 42.5 Å². The van der Waals surface area contributed by atoms with Crippen molar-refractivity contribution in [3.8, 4) is 0 Å². The number of carbonyl (C=O) groups excluding carboxylic acids is 1. The summed E-state index contributed by atoms with van der Waals surface area (Å²) < 4.78 is 5.34. The van der Waals surface area contributed by atoms with Gasteiger partial charge in [-0.05, 0) is 18.1 Å². The average molecular weight is 323 g/mol. The molecule has 0 aliphatic rings. The minimum absolute atomic E-state index is 0.0581. The number of carboxylic acids is 1. The van der Waals surface area contributed by atoms with Gasteiger partial charge in [-0.2, -0.15) is 0 Å². The lowest BCUT2D eigenvalue weighted by Gasteiger charge is -2.13. The fraction of sp³-hybridized carbons (Fsp3) is 0.158. The highest BCUT2D eigenvalue weighted by Crippen LogP contribution is 2.20. The van der Waals surface area contributed by atoms with E-state index in [9.17, 15) is 14.7 Å². The van der Waals surface area contributed by atoms with Crippen LogP contribution in [0.5, 0.6) is 0 Å². The monoisotopic (exact) mass is 323 g/mol. The molecule has 122 valence electrons. The maximum absolute atomic E-state index is 12.3. The number of hydrogen-bond acceptors (Lipinski definition) is 3. The van der Waals surface area contributed by atoms with Crippen LogP contribution in [0.25, 0.3) is 11.0 Å². The fourth-order valence-electron chi connectivity index (χ4n) is 2.61. The summed E-state index contributed by atoms with van der Waals surface area (Å²) in [6, 6.07) is 16.6. The standard InChI is InChI=1S/C19H17NO4/c21-18(16-12-24-17-9-5-4-8-15(16)17)20-11-14(19(22)23)10-13-6-2-1-3-7-13/h1-9,12,14H,10-11H2,(H,20,21)(H,22,23). The molecule has 24 heavy (non-hydrogen) atoms. The van der Waals surface area contributed by atoms with Crippen LogP contribution in [0.15, 0.2) is 65.3 Å². The number of nitrogens with one attached hydrogen (secondary N) is 1. The van der Waals surface area contributed by atoms with E-state index in [4.69, 9.17) is 4.42 Å². The first kappa shape index (κ1) is 15.8. The number of amides is 1. The van der Waals surface area contributed by atoms with Crippen LogP contribution in [0, 0.1) is 5.92 Å². The quantitative estimate of drug-likeness (QED) is 0.730. The molecule has 1 atom stereocenters. The highest BCUT2D eigenvalue weighted by atomic mass is 16.4. The summed E-state index contributed by atoms with van der Waals surface area (Å²) in [6.07, 6.45) is 1.76. The van der Waals surface area contributed by atoms with Crippen molar-refractivity contribution in [3.63, 3.8) is 0 Å². The van der Waals surface area contributed by atoms with Gasteiger partial charge in [0.15, 0.2) is 0 Å². The molecule has 0 aliphatic carbocycles. The zero-order valence-electron chi connectivity index (χ0n) is 12.9. The molecule has 0 radical (unpaired) electrons. The van der Waals surface area contributed by atoms with Crippen LogP contribution >= 0.6 is 0 Å². The normalized spacial score (nSPS) is 12.0. The topological polar surface area (TPSA) is 79.5 Å². The molecule has 0 bridgehead atoms. The van der Waals surface area contributed by atoms with E-state index in [1.54, 1.807) is 12.1 Å². The van der Waals surface area contributed by atoms with E-state index in [2.05, 4.69) is 5.32 Å². The molecule has 0 saturated carbocycles. The molecule has 0 aliphatic heterocycles. The molecule has 1 unspecified atom stereocenters. The molecule has 0 fully saturated rings. The van der Waals surface area contributed by atoms with E-state index >= 15 is 0 Å². The third-order valence-corrected chi connectivity index (χ3v) is 3.91. The summed E-state index contributed by atoms with van der Waals surface area (Å²) >= 11 is 0. The summed E-state index contributed by atoms with van der Waals surface area (Å²) in [5.41, 5.74) is 1.96. The fourth-order valence-corrected chi connectivity index (χ4v) is 2.61. The lowest BCUT2D eigenvalue weighted by molar-refractivity contribution is -0.141. The van der Waals surface area contributed by atoms with Gasteiger partial charge in [-0.1, -0.05) is 48.5 Å². The summed E-state index contributed by atoms with van der Waals surface area (Å²) in [5, 5.41) is 12.8. The summed E-state index contributed by atoms with van der Waals surface area (Å²) in [5.74, 6) is -1.95. The number of aliphatic carboxylic acids is 1. The zero-order chi connectivity index (χ0) is 16.9. The Morgan fingerprint density at radius 2 is 1.75 bits per heavy atom. The molecular formula is C19H17NO4. The van der Waals surface area contributed by atoms with Gasteiger partial charge in [-0.25, -0.2) is 0 Å². The van der Waals surface area contributed by atoms with Crippen molar-refractivity contribution in [1.82, 2.24) is 5.32 Å². The van der Waals surface area contributed by atoms with Crippen molar-refractivity contribution in [2.45, 2.75) is 6.42 Å². The van der Waals surface area contributed by atoms with Crippen molar-refractivity contribution >= 4 is 22.8 Å². The van der Waals surface area contributed by atoms with Gasteiger partial charge in [-0.15, -0.1) is 0 Å². The van der Waals surface area contributed by atoms with E-state index in [-0.39, 0.29) is 12.5 Å². The van der Waals surface area contributed by atoms with Gasteiger partial charge in [0.25, 0.3) is 5.91 Å². The number of rotatable bonds is 6. The molecule has 0 spiro atoms. The highest BCUT2D eigenvalue weighted by Gasteiger charge is 2.20. The van der Waals surface area contributed by atoms with Gasteiger partial charge >= 0.3 is 5.97 Å². The molecular weight excluding hydrogens is 306 g/mol. The van der Waals surface area contributed by atoms with Crippen LogP contribution in [-0.2, 0) is 11.2 Å². The van der Waals surface area contributed by atoms with Crippen LogP contribution < -0.4 is 5.32 Å². The number of carboxylic acid groups (broad SMARTS) is 1. The molecule has 1 heterocycles. The van der Waals surface area contributed by atoms with E-state index < -0.39 is 11.9 Å². The Kier molecular flexibility index (Phi) is 4.61. The number of para-hydroxylation sites is 1. The Hall–Kier alpha value is -3.08. The SMILES string of the molecule is O=C(NCC(Cc1ccccc1)C(=O)O)c1coc2ccccc12. The van der Waals surface area contributed by atoms with Crippen molar-refractivity contribution in [3.05, 3.63) is 72.0 Å². The third kappa shape index (κ3) is 3.46. The molecule has 2 N–H and O–H groups in total. The van der Waals surface area contributed by atoms with Gasteiger partial charge in [0.2, 0.25) is 0 Å². The van der Waals surface area contributed by atoms with Crippen LogP contribution in [0.2, 0.25) is 0 Å². The van der Waals surface area contributed by atoms with Crippen LogP contribution in [-0.4, -0.2) is 23.5 Å². The largest absolute Gasteiger partial charge is 0.481 e. The Balaban J connectivity index is 1.68. The maximum Gasteiger partial charge on any atom is 0.308 e. The average Bonchev–Trinajstić information content (AvgIpc) is 3.03. The maximum atomic E-state index is 12.3. The Morgan fingerprint density at radius 1 is 1.04 bits per heavy atom. The highest BCUT2D eigenvalue weighted by molar-refractivity contribution is 6.05. The number of benzene rings is 2. The van der Waals surface area contributed by atoms with E-state index in [0.717, 1.165) is 5.56 Å². The lowest BCUT2D eigenvalue weighted by Crippen LogP contribution is -2.34. The molecule has 1 amide bonds. The first-order chi connectivity index (χ1) is 11.6. The van der Waals surface area contributed by atoms with E-state index in [0.29, 0.717) is 23.0 Å². The number of fused-ring (bicyclic) bond motifs is 1. The summed E-state index contributed by atoms with van der Waals surface area (Å²) in [4.78, 5) is 23.8. The van der Waals surface area contributed by atoms with Gasteiger partial charge in [0.1, 0.15) is 11.8 Å². The minimum atomic E-state index is -0.934. The Bertz CT molecular complexity index is 854. The van der Waals surface area contributed by atoms with Gasteiger partial charge < -0.3 is 14.8 Å². The molecule has 3 aromatic rings. The van der Waals surface area contributed by atoms with Crippen molar-refractivity contribution in [2.75, 3.05) is 6.54 Å². The van der Waals surface area contributed by atoms with Gasteiger partial charge in [-0.3, -0.25) is 9.59 Å². The second kappa shape index (κ2) is 7.00.